The minimum absolute atomic E-state index is 0.184. The van der Waals surface area contributed by atoms with Gasteiger partial charge in [0.1, 0.15) is 17.0 Å². The summed E-state index contributed by atoms with van der Waals surface area (Å²) in [6, 6.07) is 23.1. The van der Waals surface area contributed by atoms with E-state index in [1.807, 2.05) is 78.2 Å². The van der Waals surface area contributed by atoms with Crippen molar-refractivity contribution < 1.29 is 14.0 Å². The second-order valence-corrected chi connectivity index (χ2v) is 8.09. The third kappa shape index (κ3) is 3.30. The van der Waals surface area contributed by atoms with Gasteiger partial charge in [-0.3, -0.25) is 9.59 Å². The first-order valence-electron chi connectivity index (χ1n) is 10.3. The van der Waals surface area contributed by atoms with Crippen molar-refractivity contribution in [1.29, 1.82) is 0 Å². The fourth-order valence-corrected chi connectivity index (χ4v) is 4.28. The van der Waals surface area contributed by atoms with E-state index < -0.39 is 5.54 Å². The van der Waals surface area contributed by atoms with Crippen molar-refractivity contribution in [3.8, 4) is 0 Å². The van der Waals surface area contributed by atoms with Gasteiger partial charge in [-0.1, -0.05) is 48.5 Å². The van der Waals surface area contributed by atoms with Crippen LogP contribution in [0.25, 0.3) is 10.9 Å². The largest absolute Gasteiger partial charge is 0.467 e. The molecule has 6 heteroatoms. The predicted molar refractivity (Wildman–Crippen MR) is 117 cm³/mol. The molecule has 1 aliphatic rings. The predicted octanol–water partition coefficient (Wildman–Crippen LogP) is 3.97. The van der Waals surface area contributed by atoms with E-state index in [1.165, 1.54) is 0 Å². The first kappa shape index (κ1) is 19.2. The smallest absolute Gasteiger partial charge is 0.271 e. The Labute approximate surface area is 180 Å². The van der Waals surface area contributed by atoms with Gasteiger partial charge >= 0.3 is 0 Å². The lowest BCUT2D eigenvalue weighted by Crippen LogP contribution is -2.63. The molecule has 1 aliphatic heterocycles. The number of aromatic nitrogens is 1. The number of carbonyl (C=O) groups excluding carboxylic acids is 2. The van der Waals surface area contributed by atoms with Gasteiger partial charge in [0.2, 0.25) is 5.91 Å². The van der Waals surface area contributed by atoms with Gasteiger partial charge in [-0.25, -0.2) is 0 Å². The molecular weight excluding hydrogens is 390 g/mol. The number of para-hydroxylation sites is 1. The van der Waals surface area contributed by atoms with Crippen LogP contribution < -0.4 is 5.32 Å². The second kappa shape index (κ2) is 7.47. The van der Waals surface area contributed by atoms with Gasteiger partial charge in [0.05, 0.1) is 19.4 Å². The molecular formula is C25H23N3O3. The van der Waals surface area contributed by atoms with Crippen LogP contribution in [0.2, 0.25) is 0 Å². The maximum atomic E-state index is 13.6. The molecule has 0 radical (unpaired) electrons. The van der Waals surface area contributed by atoms with Gasteiger partial charge in [0, 0.05) is 17.4 Å². The summed E-state index contributed by atoms with van der Waals surface area (Å²) in [7, 11) is 0. The highest BCUT2D eigenvalue weighted by atomic mass is 16.3. The van der Waals surface area contributed by atoms with Gasteiger partial charge in [-0.05, 0) is 36.8 Å². The Balaban J connectivity index is 1.53. The molecule has 1 atom stereocenters. The zero-order chi connectivity index (χ0) is 21.4. The van der Waals surface area contributed by atoms with Crippen LogP contribution in [-0.2, 0) is 24.4 Å². The van der Waals surface area contributed by atoms with Gasteiger partial charge in [0.15, 0.2) is 0 Å². The number of fused-ring (bicyclic) bond motifs is 3. The van der Waals surface area contributed by atoms with Gasteiger partial charge in [0.25, 0.3) is 5.91 Å². The average Bonchev–Trinajstić information content (AvgIpc) is 3.44. The molecule has 0 saturated carbocycles. The van der Waals surface area contributed by atoms with Crippen molar-refractivity contribution in [2.45, 2.75) is 32.1 Å². The van der Waals surface area contributed by atoms with Crippen molar-refractivity contribution in [3.63, 3.8) is 0 Å². The summed E-state index contributed by atoms with van der Waals surface area (Å²) in [6.07, 6.45) is 1.58. The van der Waals surface area contributed by atoms with Crippen molar-refractivity contribution in [2.24, 2.45) is 0 Å². The van der Waals surface area contributed by atoms with Gasteiger partial charge < -0.3 is 19.2 Å². The SMILES string of the molecule is CC1(C(=O)NCc2ccccc2)Cn2c(cc3ccccc32)C(=O)N1Cc1ccco1. The molecule has 4 aromatic rings. The highest BCUT2D eigenvalue weighted by molar-refractivity contribution is 6.03. The average molecular weight is 413 g/mol. The number of hydrogen-bond acceptors (Lipinski definition) is 3. The Bertz CT molecular complexity index is 1240. The Hall–Kier alpha value is -3.80. The van der Waals surface area contributed by atoms with Crippen molar-refractivity contribution in [2.75, 3.05) is 0 Å². The number of rotatable bonds is 5. The van der Waals surface area contributed by atoms with Crippen LogP contribution in [0.5, 0.6) is 0 Å². The Morgan fingerprint density at radius 2 is 1.84 bits per heavy atom. The standard InChI is InChI=1S/C25H23N3O3/c1-25(24(30)26-15-18-8-3-2-4-9-18)17-27-21-12-6-5-10-19(21)14-22(27)23(29)28(25)16-20-11-7-13-31-20/h2-14H,15-17H2,1H3,(H,26,30). The summed E-state index contributed by atoms with van der Waals surface area (Å²) in [6.45, 7) is 2.81. The fourth-order valence-electron chi connectivity index (χ4n) is 4.28. The fraction of sp³-hybridized carbons (Fsp3) is 0.200. The van der Waals surface area contributed by atoms with Crippen LogP contribution in [0, 0.1) is 0 Å². The maximum Gasteiger partial charge on any atom is 0.271 e. The van der Waals surface area contributed by atoms with E-state index in [9.17, 15) is 9.59 Å². The first-order valence-corrected chi connectivity index (χ1v) is 10.3. The maximum absolute atomic E-state index is 13.6. The van der Waals surface area contributed by atoms with Crippen LogP contribution >= 0.6 is 0 Å². The molecule has 2 amide bonds. The van der Waals surface area contributed by atoms with Crippen molar-refractivity contribution >= 4 is 22.7 Å². The van der Waals surface area contributed by atoms with E-state index in [0.29, 0.717) is 24.5 Å². The monoisotopic (exact) mass is 413 g/mol. The number of furan rings is 1. The summed E-state index contributed by atoms with van der Waals surface area (Å²) in [5, 5.41) is 4.02. The van der Waals surface area contributed by atoms with Crippen molar-refractivity contribution in [1.82, 2.24) is 14.8 Å². The Morgan fingerprint density at radius 3 is 2.61 bits per heavy atom. The normalized spacial score (nSPS) is 18.2. The van der Waals surface area contributed by atoms with Gasteiger partial charge in [-0.15, -0.1) is 0 Å². The van der Waals surface area contributed by atoms with Crippen molar-refractivity contribution in [3.05, 3.63) is 96.1 Å². The molecule has 3 heterocycles. The molecule has 2 aromatic carbocycles. The lowest BCUT2D eigenvalue weighted by atomic mass is 9.94. The topological polar surface area (TPSA) is 67.5 Å². The number of nitrogens with zero attached hydrogens (tertiary/aromatic N) is 2. The number of hydrogen-bond donors (Lipinski definition) is 1. The summed E-state index contributed by atoms with van der Waals surface area (Å²) in [5.41, 5.74) is 1.46. The third-order valence-corrected chi connectivity index (χ3v) is 6.02. The summed E-state index contributed by atoms with van der Waals surface area (Å²) < 4.78 is 7.46. The highest BCUT2D eigenvalue weighted by Gasteiger charge is 2.47. The molecule has 31 heavy (non-hydrogen) atoms. The molecule has 1 unspecified atom stereocenters. The van der Waals surface area contributed by atoms with E-state index in [4.69, 9.17) is 4.42 Å². The molecule has 0 bridgehead atoms. The Kier molecular flexibility index (Phi) is 4.62. The highest BCUT2D eigenvalue weighted by Crippen LogP contribution is 2.33. The third-order valence-electron chi connectivity index (χ3n) is 6.02. The molecule has 5 rings (SSSR count). The second-order valence-electron chi connectivity index (χ2n) is 8.09. The lowest BCUT2D eigenvalue weighted by Gasteiger charge is -2.43. The van der Waals surface area contributed by atoms with E-state index in [1.54, 1.807) is 17.2 Å². The minimum atomic E-state index is -1.08. The van der Waals surface area contributed by atoms with Crippen LogP contribution in [0.3, 0.4) is 0 Å². The Morgan fingerprint density at radius 1 is 1.06 bits per heavy atom. The molecule has 0 aliphatic carbocycles. The van der Waals surface area contributed by atoms with E-state index >= 15 is 0 Å². The van der Waals surface area contributed by atoms with Gasteiger partial charge in [-0.2, -0.15) is 0 Å². The zero-order valence-corrected chi connectivity index (χ0v) is 17.2. The van der Waals surface area contributed by atoms with Crippen LogP contribution in [0.15, 0.2) is 83.5 Å². The quantitative estimate of drug-likeness (QED) is 0.538. The van der Waals surface area contributed by atoms with Crippen LogP contribution in [0.1, 0.15) is 28.7 Å². The molecule has 0 saturated heterocycles. The summed E-state index contributed by atoms with van der Waals surface area (Å²) in [5.74, 6) is 0.260. The van der Waals surface area contributed by atoms with E-state index in [0.717, 1.165) is 16.5 Å². The molecule has 0 fully saturated rings. The summed E-state index contributed by atoms with van der Waals surface area (Å²) in [4.78, 5) is 28.7. The zero-order valence-electron chi connectivity index (χ0n) is 17.2. The van der Waals surface area contributed by atoms with E-state index in [-0.39, 0.29) is 18.4 Å². The molecule has 1 N–H and O–H groups in total. The first-order chi connectivity index (χ1) is 15.1. The number of benzene rings is 2. The van der Waals surface area contributed by atoms with Crippen LogP contribution in [-0.4, -0.2) is 26.8 Å². The number of carbonyl (C=O) groups is 2. The number of nitrogens with one attached hydrogen (secondary N) is 1. The van der Waals surface area contributed by atoms with E-state index in [2.05, 4.69) is 5.32 Å². The molecule has 6 nitrogen and oxygen atoms in total. The lowest BCUT2D eigenvalue weighted by molar-refractivity contribution is -0.133. The number of amides is 2. The molecule has 0 spiro atoms. The molecule has 156 valence electrons. The summed E-state index contributed by atoms with van der Waals surface area (Å²) >= 11 is 0. The molecule has 2 aromatic heterocycles. The minimum Gasteiger partial charge on any atom is -0.467 e. The van der Waals surface area contributed by atoms with Crippen LogP contribution in [0.4, 0.5) is 0 Å².